The van der Waals surface area contributed by atoms with Gasteiger partial charge in [-0.2, -0.15) is 5.10 Å². The van der Waals surface area contributed by atoms with Crippen LogP contribution in [0.1, 0.15) is 12.8 Å². The largest absolute Gasteiger partial charge is 0.356 e. The van der Waals surface area contributed by atoms with Crippen LogP contribution in [0.15, 0.2) is 78.5 Å². The molecule has 4 aromatic rings. The SMILES string of the molecule is O=C(Nc1ccc(S(=O)(=O)Nc2ncccn2)cc1)C1CCCN(c2cc(-n3cccn3)ncn2)C1. The average molecular weight is 506 g/mol. The van der Waals surface area contributed by atoms with E-state index in [4.69, 9.17) is 0 Å². The Morgan fingerprint density at radius 3 is 2.50 bits per heavy atom. The molecular formula is C23H23N9O3S. The predicted octanol–water partition coefficient (Wildman–Crippen LogP) is 2.11. The lowest BCUT2D eigenvalue weighted by Crippen LogP contribution is -2.41. The minimum Gasteiger partial charge on any atom is -0.356 e. The van der Waals surface area contributed by atoms with Crippen LogP contribution < -0.4 is 14.9 Å². The van der Waals surface area contributed by atoms with Gasteiger partial charge in [-0.25, -0.2) is 37.8 Å². The van der Waals surface area contributed by atoms with Gasteiger partial charge in [0.2, 0.25) is 11.9 Å². The number of hydrogen-bond donors (Lipinski definition) is 2. The number of carbonyl (C=O) groups is 1. The predicted molar refractivity (Wildman–Crippen MR) is 132 cm³/mol. The summed E-state index contributed by atoms with van der Waals surface area (Å²) in [6.07, 6.45) is 9.44. The number of nitrogens with zero attached hydrogens (tertiary/aromatic N) is 7. The molecule has 3 aromatic heterocycles. The Bertz CT molecular complexity index is 1430. The molecule has 0 saturated carbocycles. The van der Waals surface area contributed by atoms with Crippen molar-refractivity contribution in [2.24, 2.45) is 5.92 Å². The smallest absolute Gasteiger partial charge is 0.264 e. The number of anilines is 3. The number of aromatic nitrogens is 6. The number of rotatable bonds is 7. The van der Waals surface area contributed by atoms with Gasteiger partial charge in [0.25, 0.3) is 10.0 Å². The number of sulfonamides is 1. The fraction of sp³-hybridized carbons (Fsp3) is 0.217. The molecule has 1 aromatic carbocycles. The Kier molecular flexibility index (Phi) is 6.54. The van der Waals surface area contributed by atoms with E-state index < -0.39 is 10.0 Å². The third-order valence-electron chi connectivity index (χ3n) is 5.72. The summed E-state index contributed by atoms with van der Waals surface area (Å²) in [4.78, 5) is 31.5. The van der Waals surface area contributed by atoms with Crippen molar-refractivity contribution < 1.29 is 13.2 Å². The molecule has 36 heavy (non-hydrogen) atoms. The summed E-state index contributed by atoms with van der Waals surface area (Å²) in [5.41, 5.74) is 0.509. The molecule has 12 nitrogen and oxygen atoms in total. The molecule has 1 aliphatic heterocycles. The number of benzene rings is 1. The highest BCUT2D eigenvalue weighted by Crippen LogP contribution is 2.24. The summed E-state index contributed by atoms with van der Waals surface area (Å²) >= 11 is 0. The van der Waals surface area contributed by atoms with E-state index in [0.717, 1.165) is 25.2 Å². The standard InChI is InChI=1S/C23H23N9O3S/c33-22(29-18-5-7-19(8-6-18)36(34,35)30-23-24-9-2-10-25-23)17-4-1-12-31(15-17)20-14-21(27-16-26-20)32-13-3-11-28-32/h2-3,5-11,13-14,16-17H,1,4,12,15H2,(H,29,33)(H,24,25,30). The van der Waals surface area contributed by atoms with Gasteiger partial charge in [0, 0.05) is 49.6 Å². The summed E-state index contributed by atoms with van der Waals surface area (Å²) in [6, 6.07) is 11.2. The minimum absolute atomic E-state index is 0.0165. The van der Waals surface area contributed by atoms with Crippen molar-refractivity contribution in [3.63, 3.8) is 0 Å². The minimum atomic E-state index is -3.85. The van der Waals surface area contributed by atoms with Crippen LogP contribution in [0.2, 0.25) is 0 Å². The molecule has 2 N–H and O–H groups in total. The number of amides is 1. The normalized spacial score (nSPS) is 15.9. The Morgan fingerprint density at radius 2 is 1.75 bits per heavy atom. The highest BCUT2D eigenvalue weighted by atomic mass is 32.2. The molecule has 0 radical (unpaired) electrons. The lowest BCUT2D eigenvalue weighted by molar-refractivity contribution is -0.120. The van der Waals surface area contributed by atoms with E-state index in [1.54, 1.807) is 35.3 Å². The zero-order chi connectivity index (χ0) is 25.0. The Hall–Kier alpha value is -4.39. The summed E-state index contributed by atoms with van der Waals surface area (Å²) in [5, 5.41) is 7.09. The maximum absolute atomic E-state index is 13.0. The van der Waals surface area contributed by atoms with Crippen molar-refractivity contribution in [3.8, 4) is 5.82 Å². The van der Waals surface area contributed by atoms with Crippen LogP contribution in [-0.2, 0) is 14.8 Å². The van der Waals surface area contributed by atoms with Crippen LogP contribution in [0, 0.1) is 5.92 Å². The van der Waals surface area contributed by atoms with Crippen molar-refractivity contribution in [2.45, 2.75) is 17.7 Å². The van der Waals surface area contributed by atoms with Crippen LogP contribution in [-0.4, -0.2) is 57.1 Å². The average Bonchev–Trinajstić information content (AvgIpc) is 3.45. The van der Waals surface area contributed by atoms with Crippen LogP contribution in [0.25, 0.3) is 5.82 Å². The lowest BCUT2D eigenvalue weighted by Gasteiger charge is -2.32. The van der Waals surface area contributed by atoms with E-state index in [1.165, 1.54) is 30.9 Å². The van der Waals surface area contributed by atoms with Crippen LogP contribution in [0.4, 0.5) is 17.5 Å². The van der Waals surface area contributed by atoms with Crippen molar-refractivity contribution in [2.75, 3.05) is 28.0 Å². The molecule has 5 rings (SSSR count). The Morgan fingerprint density at radius 1 is 0.972 bits per heavy atom. The van der Waals surface area contributed by atoms with Crippen molar-refractivity contribution in [3.05, 3.63) is 73.6 Å². The fourth-order valence-electron chi connectivity index (χ4n) is 3.93. The molecule has 1 amide bonds. The molecule has 0 spiro atoms. The summed E-state index contributed by atoms with van der Waals surface area (Å²) in [7, 11) is -3.85. The second-order valence-corrected chi connectivity index (χ2v) is 9.84. The summed E-state index contributed by atoms with van der Waals surface area (Å²) in [6.45, 7) is 1.29. The molecule has 0 aliphatic carbocycles. The summed E-state index contributed by atoms with van der Waals surface area (Å²) < 4.78 is 29.1. The number of nitrogens with one attached hydrogen (secondary N) is 2. The van der Waals surface area contributed by atoms with Crippen LogP contribution in [0.5, 0.6) is 0 Å². The van der Waals surface area contributed by atoms with Gasteiger partial charge < -0.3 is 10.2 Å². The van der Waals surface area contributed by atoms with E-state index >= 15 is 0 Å². The van der Waals surface area contributed by atoms with Gasteiger partial charge in [-0.1, -0.05) is 0 Å². The maximum Gasteiger partial charge on any atom is 0.264 e. The third-order valence-corrected chi connectivity index (χ3v) is 7.06. The van der Waals surface area contributed by atoms with Crippen LogP contribution >= 0.6 is 0 Å². The zero-order valence-corrected chi connectivity index (χ0v) is 19.9. The number of carbonyl (C=O) groups excluding carboxylic acids is 1. The van der Waals surface area contributed by atoms with Crippen molar-refractivity contribution in [1.82, 2.24) is 29.7 Å². The van der Waals surface area contributed by atoms with Gasteiger partial charge >= 0.3 is 0 Å². The topological polar surface area (TPSA) is 148 Å². The molecule has 1 aliphatic rings. The molecule has 1 unspecified atom stereocenters. The van der Waals surface area contributed by atoms with Gasteiger partial charge in [-0.3, -0.25) is 4.79 Å². The van der Waals surface area contributed by atoms with E-state index in [2.05, 4.69) is 40.0 Å². The first-order valence-electron chi connectivity index (χ1n) is 11.3. The molecule has 1 saturated heterocycles. The maximum atomic E-state index is 13.0. The van der Waals surface area contributed by atoms with Gasteiger partial charge in [-0.15, -0.1) is 0 Å². The Labute approximate surface area is 207 Å². The molecular weight excluding hydrogens is 482 g/mol. The quantitative estimate of drug-likeness (QED) is 0.385. The Balaban J connectivity index is 1.22. The van der Waals surface area contributed by atoms with E-state index in [1.807, 2.05) is 12.1 Å². The second kappa shape index (κ2) is 10.1. The first kappa shape index (κ1) is 23.4. The van der Waals surface area contributed by atoms with Crippen molar-refractivity contribution >= 4 is 33.4 Å². The first-order chi connectivity index (χ1) is 17.5. The lowest BCUT2D eigenvalue weighted by atomic mass is 9.97. The van der Waals surface area contributed by atoms with E-state index in [-0.39, 0.29) is 22.7 Å². The molecule has 184 valence electrons. The molecule has 13 heteroatoms. The van der Waals surface area contributed by atoms with Crippen molar-refractivity contribution in [1.29, 1.82) is 0 Å². The molecule has 1 fully saturated rings. The van der Waals surface area contributed by atoms with E-state index in [0.29, 0.717) is 18.1 Å². The fourth-order valence-corrected chi connectivity index (χ4v) is 4.89. The van der Waals surface area contributed by atoms with Gasteiger partial charge in [0.15, 0.2) is 5.82 Å². The third kappa shape index (κ3) is 5.30. The van der Waals surface area contributed by atoms with E-state index in [9.17, 15) is 13.2 Å². The van der Waals surface area contributed by atoms with Gasteiger partial charge in [-0.05, 0) is 49.2 Å². The van der Waals surface area contributed by atoms with Crippen LogP contribution in [0.3, 0.4) is 0 Å². The van der Waals surface area contributed by atoms with Gasteiger partial charge in [0.05, 0.1) is 10.8 Å². The van der Waals surface area contributed by atoms with Gasteiger partial charge in [0.1, 0.15) is 12.1 Å². The number of hydrogen-bond acceptors (Lipinski definition) is 9. The molecule has 4 heterocycles. The second-order valence-electron chi connectivity index (χ2n) is 8.16. The first-order valence-corrected chi connectivity index (χ1v) is 12.7. The zero-order valence-electron chi connectivity index (χ0n) is 19.1. The monoisotopic (exact) mass is 505 g/mol. The summed E-state index contributed by atoms with van der Waals surface area (Å²) in [5.74, 6) is 0.990. The molecule has 1 atom stereocenters. The molecule has 0 bridgehead atoms. The number of piperidine rings is 1. The highest BCUT2D eigenvalue weighted by Gasteiger charge is 2.27. The highest BCUT2D eigenvalue weighted by molar-refractivity contribution is 7.92.